The minimum Gasteiger partial charge on any atom is -0.325 e. The first-order chi connectivity index (χ1) is 12.3. The molecule has 0 aliphatic rings. The molecule has 26 heavy (non-hydrogen) atoms. The second-order valence-electron chi connectivity index (χ2n) is 6.09. The fraction of sp³-hybridized carbons (Fsp3) is 0.316. The molecule has 0 aliphatic carbocycles. The Morgan fingerprint density at radius 1 is 1.08 bits per heavy atom. The smallest absolute Gasteiger partial charge is 0.245 e. The van der Waals surface area contributed by atoms with Gasteiger partial charge in [0.2, 0.25) is 15.9 Å². The van der Waals surface area contributed by atoms with Gasteiger partial charge < -0.3 is 5.32 Å². The van der Waals surface area contributed by atoms with Gasteiger partial charge in [-0.25, -0.2) is 8.42 Å². The quantitative estimate of drug-likeness (QED) is 0.671. The fourth-order valence-electron chi connectivity index (χ4n) is 2.47. The van der Waals surface area contributed by atoms with Crippen molar-refractivity contribution in [2.45, 2.75) is 26.2 Å². The van der Waals surface area contributed by atoms with E-state index in [9.17, 15) is 13.2 Å². The summed E-state index contributed by atoms with van der Waals surface area (Å²) in [6.45, 7) is 1.87. The lowest BCUT2D eigenvalue weighted by Gasteiger charge is -2.22. The maximum Gasteiger partial charge on any atom is 0.245 e. The number of hydrogen-bond donors (Lipinski definition) is 1. The number of carbonyl (C=O) groups excluding carboxylic acids is 1. The van der Waals surface area contributed by atoms with Crippen molar-refractivity contribution in [3.05, 3.63) is 58.6 Å². The number of nitrogens with one attached hydrogen (secondary N) is 1. The number of sulfonamides is 1. The highest BCUT2D eigenvalue weighted by molar-refractivity contribution is 9.10. The molecule has 5 nitrogen and oxygen atoms in total. The number of aryl methyl sites for hydroxylation is 1. The topological polar surface area (TPSA) is 66.5 Å². The SMILES string of the molecule is CCCCc1ccc(NC(=O)CN(c2ccc(Br)cc2)S(C)(=O)=O)cc1. The second kappa shape index (κ2) is 9.19. The van der Waals surface area contributed by atoms with Crippen molar-refractivity contribution in [3.8, 4) is 0 Å². The van der Waals surface area contributed by atoms with Gasteiger partial charge in [-0.2, -0.15) is 0 Å². The Morgan fingerprint density at radius 3 is 2.23 bits per heavy atom. The molecular weight excluding hydrogens is 416 g/mol. The zero-order valence-corrected chi connectivity index (χ0v) is 17.3. The zero-order chi connectivity index (χ0) is 19.2. The summed E-state index contributed by atoms with van der Waals surface area (Å²) in [5.41, 5.74) is 2.32. The van der Waals surface area contributed by atoms with Crippen LogP contribution in [0.4, 0.5) is 11.4 Å². The minimum atomic E-state index is -3.58. The molecule has 7 heteroatoms. The molecule has 0 fully saturated rings. The number of unbranched alkanes of at least 4 members (excludes halogenated alkanes) is 1. The lowest BCUT2D eigenvalue weighted by atomic mass is 10.1. The Bertz CT molecular complexity index is 834. The summed E-state index contributed by atoms with van der Waals surface area (Å²) in [7, 11) is -3.58. The van der Waals surface area contributed by atoms with E-state index in [1.54, 1.807) is 24.3 Å². The predicted octanol–water partition coefficient (Wildman–Crippen LogP) is 4.20. The number of rotatable bonds is 8. The first kappa shape index (κ1) is 20.5. The van der Waals surface area contributed by atoms with Gasteiger partial charge in [0.05, 0.1) is 11.9 Å². The summed E-state index contributed by atoms with van der Waals surface area (Å²) in [6, 6.07) is 14.4. The molecule has 2 aromatic carbocycles. The Labute approximate surface area is 163 Å². The van der Waals surface area contributed by atoms with Crippen LogP contribution < -0.4 is 9.62 Å². The number of hydrogen-bond acceptors (Lipinski definition) is 3. The zero-order valence-electron chi connectivity index (χ0n) is 14.9. The number of anilines is 2. The van der Waals surface area contributed by atoms with Gasteiger partial charge in [0, 0.05) is 10.2 Å². The largest absolute Gasteiger partial charge is 0.325 e. The summed E-state index contributed by atoms with van der Waals surface area (Å²) in [4.78, 5) is 12.3. The Morgan fingerprint density at radius 2 is 1.69 bits per heavy atom. The summed E-state index contributed by atoms with van der Waals surface area (Å²) < 4.78 is 26.1. The van der Waals surface area contributed by atoms with Gasteiger partial charge in [-0.15, -0.1) is 0 Å². The molecule has 0 atom stereocenters. The van der Waals surface area contributed by atoms with Gasteiger partial charge in [-0.1, -0.05) is 41.4 Å². The highest BCUT2D eigenvalue weighted by Crippen LogP contribution is 2.21. The number of nitrogens with zero attached hydrogens (tertiary/aromatic N) is 1. The highest BCUT2D eigenvalue weighted by atomic mass is 79.9. The van der Waals surface area contributed by atoms with E-state index in [1.165, 1.54) is 5.56 Å². The molecule has 0 aliphatic heterocycles. The average Bonchev–Trinajstić information content (AvgIpc) is 2.59. The van der Waals surface area contributed by atoms with Crippen LogP contribution in [0.3, 0.4) is 0 Å². The molecule has 2 aromatic rings. The first-order valence-corrected chi connectivity index (χ1v) is 11.1. The van der Waals surface area contributed by atoms with E-state index < -0.39 is 10.0 Å². The molecule has 0 saturated carbocycles. The summed E-state index contributed by atoms with van der Waals surface area (Å²) >= 11 is 3.31. The maximum absolute atomic E-state index is 12.3. The standard InChI is InChI=1S/C19H23BrN2O3S/c1-3-4-5-15-6-10-17(11-7-15)21-19(23)14-22(26(2,24)25)18-12-8-16(20)9-13-18/h6-13H,3-5,14H2,1-2H3,(H,21,23). The molecule has 2 rings (SSSR count). The molecule has 0 aromatic heterocycles. The van der Waals surface area contributed by atoms with Crippen molar-refractivity contribution >= 4 is 43.2 Å². The van der Waals surface area contributed by atoms with Gasteiger partial charge in [0.25, 0.3) is 0 Å². The van der Waals surface area contributed by atoms with E-state index in [0.29, 0.717) is 11.4 Å². The molecule has 0 bridgehead atoms. The minimum absolute atomic E-state index is 0.280. The number of carbonyl (C=O) groups is 1. The molecular formula is C19H23BrN2O3S. The van der Waals surface area contributed by atoms with Crippen molar-refractivity contribution in [1.82, 2.24) is 0 Å². The van der Waals surface area contributed by atoms with E-state index >= 15 is 0 Å². The van der Waals surface area contributed by atoms with E-state index in [-0.39, 0.29) is 12.5 Å². The maximum atomic E-state index is 12.3. The Balaban J connectivity index is 2.06. The molecule has 140 valence electrons. The van der Waals surface area contributed by atoms with Crippen LogP contribution in [-0.4, -0.2) is 27.1 Å². The predicted molar refractivity (Wildman–Crippen MR) is 110 cm³/mol. The van der Waals surface area contributed by atoms with E-state index in [1.807, 2.05) is 24.3 Å². The Hall–Kier alpha value is -1.86. The summed E-state index contributed by atoms with van der Waals surface area (Å²) in [6.07, 6.45) is 4.36. The van der Waals surface area contributed by atoms with E-state index in [2.05, 4.69) is 28.2 Å². The summed E-state index contributed by atoms with van der Waals surface area (Å²) in [5.74, 6) is -0.389. The van der Waals surface area contributed by atoms with Crippen LogP contribution in [0.15, 0.2) is 53.0 Å². The normalized spacial score (nSPS) is 11.2. The lowest BCUT2D eigenvalue weighted by Crippen LogP contribution is -2.37. The fourth-order valence-corrected chi connectivity index (χ4v) is 3.59. The number of benzene rings is 2. The molecule has 1 N–H and O–H groups in total. The molecule has 0 unspecified atom stereocenters. The van der Waals surface area contributed by atoms with Crippen molar-refractivity contribution in [1.29, 1.82) is 0 Å². The van der Waals surface area contributed by atoms with E-state index in [4.69, 9.17) is 0 Å². The Kier molecular flexibility index (Phi) is 7.23. The second-order valence-corrected chi connectivity index (χ2v) is 8.92. The third-order valence-electron chi connectivity index (χ3n) is 3.86. The molecule has 0 saturated heterocycles. The van der Waals surface area contributed by atoms with E-state index in [0.717, 1.165) is 34.3 Å². The van der Waals surface area contributed by atoms with Crippen LogP contribution in [0, 0.1) is 0 Å². The van der Waals surface area contributed by atoms with Gasteiger partial charge in [0.15, 0.2) is 0 Å². The molecule has 0 heterocycles. The van der Waals surface area contributed by atoms with Crippen LogP contribution in [0.2, 0.25) is 0 Å². The molecule has 0 radical (unpaired) electrons. The van der Waals surface area contributed by atoms with Crippen LogP contribution in [0.25, 0.3) is 0 Å². The lowest BCUT2D eigenvalue weighted by molar-refractivity contribution is -0.114. The van der Waals surface area contributed by atoms with Gasteiger partial charge in [0.1, 0.15) is 6.54 Å². The van der Waals surface area contributed by atoms with Crippen LogP contribution in [0.1, 0.15) is 25.3 Å². The molecule has 1 amide bonds. The first-order valence-electron chi connectivity index (χ1n) is 8.41. The summed E-state index contributed by atoms with van der Waals surface area (Å²) in [5, 5.41) is 2.75. The monoisotopic (exact) mass is 438 g/mol. The number of halogens is 1. The third-order valence-corrected chi connectivity index (χ3v) is 5.53. The van der Waals surface area contributed by atoms with Gasteiger partial charge in [-0.3, -0.25) is 9.10 Å². The van der Waals surface area contributed by atoms with Crippen molar-refractivity contribution in [3.63, 3.8) is 0 Å². The molecule has 0 spiro atoms. The van der Waals surface area contributed by atoms with Crippen LogP contribution >= 0.6 is 15.9 Å². The van der Waals surface area contributed by atoms with Gasteiger partial charge >= 0.3 is 0 Å². The third kappa shape index (κ3) is 6.14. The highest BCUT2D eigenvalue weighted by Gasteiger charge is 2.20. The number of amides is 1. The van der Waals surface area contributed by atoms with Gasteiger partial charge in [-0.05, 0) is 54.8 Å². The van der Waals surface area contributed by atoms with Crippen molar-refractivity contribution in [2.24, 2.45) is 0 Å². The van der Waals surface area contributed by atoms with Crippen molar-refractivity contribution < 1.29 is 13.2 Å². The van der Waals surface area contributed by atoms with Crippen molar-refractivity contribution in [2.75, 3.05) is 22.4 Å². The van der Waals surface area contributed by atoms with Crippen LogP contribution in [0.5, 0.6) is 0 Å². The average molecular weight is 439 g/mol. The van der Waals surface area contributed by atoms with Crippen LogP contribution in [-0.2, 0) is 21.2 Å².